The quantitative estimate of drug-likeness (QED) is 0.616. The topological polar surface area (TPSA) is 30.5 Å². The van der Waals surface area contributed by atoms with Gasteiger partial charge in [0.2, 0.25) is 0 Å². The van der Waals surface area contributed by atoms with Gasteiger partial charge in [0.15, 0.2) is 0 Å². The van der Waals surface area contributed by atoms with Crippen LogP contribution in [-0.4, -0.2) is 38.5 Å². The van der Waals surface area contributed by atoms with E-state index in [1.54, 1.807) is 0 Å². The van der Waals surface area contributed by atoms with Crippen LogP contribution in [0.5, 0.6) is 0 Å². The summed E-state index contributed by atoms with van der Waals surface area (Å²) in [5.41, 5.74) is 0. The summed E-state index contributed by atoms with van der Waals surface area (Å²) in [5.74, 6) is 0. The molecule has 1 rings (SSSR count). The minimum absolute atomic E-state index is 0.377. The number of nitrogens with one attached hydrogen (secondary N) is 1. The molecule has 96 valence electrons. The Labute approximate surface area is 99.9 Å². The van der Waals surface area contributed by atoms with Crippen LogP contribution in [0.3, 0.4) is 0 Å². The standard InChI is InChI=1S/C13H27NO2/c1-12(2)14-8-5-3-4-6-9-16-13-7-10-15-11-13/h12-14H,3-11H2,1-2H3. The Morgan fingerprint density at radius 1 is 1.25 bits per heavy atom. The first-order valence-corrected chi connectivity index (χ1v) is 6.72. The van der Waals surface area contributed by atoms with Gasteiger partial charge in [0.1, 0.15) is 0 Å². The first kappa shape index (κ1) is 13.9. The molecule has 1 atom stereocenters. The van der Waals surface area contributed by atoms with Crippen molar-refractivity contribution >= 4 is 0 Å². The van der Waals surface area contributed by atoms with E-state index in [2.05, 4.69) is 19.2 Å². The highest BCUT2D eigenvalue weighted by atomic mass is 16.5. The van der Waals surface area contributed by atoms with Gasteiger partial charge in [0.05, 0.1) is 12.7 Å². The van der Waals surface area contributed by atoms with Crippen LogP contribution in [0, 0.1) is 0 Å². The first-order valence-electron chi connectivity index (χ1n) is 6.72. The van der Waals surface area contributed by atoms with Gasteiger partial charge in [-0.05, 0) is 25.8 Å². The molecule has 0 aromatic carbocycles. The maximum Gasteiger partial charge on any atom is 0.0830 e. The predicted molar refractivity (Wildman–Crippen MR) is 66.8 cm³/mol. The third-order valence-corrected chi connectivity index (χ3v) is 2.87. The molecule has 0 aliphatic carbocycles. The van der Waals surface area contributed by atoms with Gasteiger partial charge in [-0.1, -0.05) is 26.7 Å². The van der Waals surface area contributed by atoms with E-state index < -0.39 is 0 Å². The number of unbranched alkanes of at least 4 members (excludes halogenated alkanes) is 3. The van der Waals surface area contributed by atoms with Crippen molar-refractivity contribution in [2.75, 3.05) is 26.4 Å². The molecule has 0 aromatic rings. The summed E-state index contributed by atoms with van der Waals surface area (Å²) in [5, 5.41) is 3.43. The molecule has 1 unspecified atom stereocenters. The smallest absolute Gasteiger partial charge is 0.0830 e. The second-order valence-electron chi connectivity index (χ2n) is 4.88. The molecule has 0 amide bonds. The summed E-state index contributed by atoms with van der Waals surface area (Å²) in [6, 6.07) is 0.616. The normalized spacial score (nSPS) is 20.8. The highest BCUT2D eigenvalue weighted by Gasteiger charge is 2.14. The molecule has 3 heteroatoms. The molecule has 1 aliphatic heterocycles. The Morgan fingerprint density at radius 3 is 2.75 bits per heavy atom. The molecule has 0 bridgehead atoms. The van der Waals surface area contributed by atoms with Crippen LogP contribution in [0.1, 0.15) is 46.0 Å². The summed E-state index contributed by atoms with van der Waals surface area (Å²) < 4.78 is 11.0. The number of hydrogen-bond donors (Lipinski definition) is 1. The molecular formula is C13H27NO2. The molecule has 0 saturated carbocycles. The zero-order chi connectivity index (χ0) is 11.6. The molecule has 16 heavy (non-hydrogen) atoms. The highest BCUT2D eigenvalue weighted by molar-refractivity contribution is 4.62. The van der Waals surface area contributed by atoms with Crippen molar-refractivity contribution in [2.45, 2.75) is 58.1 Å². The lowest BCUT2D eigenvalue weighted by Crippen LogP contribution is -2.23. The third kappa shape index (κ3) is 7.20. The van der Waals surface area contributed by atoms with Crippen molar-refractivity contribution in [3.8, 4) is 0 Å². The molecular weight excluding hydrogens is 202 g/mol. The zero-order valence-corrected chi connectivity index (χ0v) is 10.8. The number of ether oxygens (including phenoxy) is 2. The second-order valence-corrected chi connectivity index (χ2v) is 4.88. The van der Waals surface area contributed by atoms with E-state index in [-0.39, 0.29) is 0 Å². The molecule has 3 nitrogen and oxygen atoms in total. The van der Waals surface area contributed by atoms with Crippen molar-refractivity contribution < 1.29 is 9.47 Å². The van der Waals surface area contributed by atoms with Gasteiger partial charge >= 0.3 is 0 Å². The van der Waals surface area contributed by atoms with Gasteiger partial charge in [0, 0.05) is 19.3 Å². The highest BCUT2D eigenvalue weighted by Crippen LogP contribution is 2.09. The van der Waals surface area contributed by atoms with Crippen LogP contribution in [0.2, 0.25) is 0 Å². The number of rotatable bonds is 9. The van der Waals surface area contributed by atoms with E-state index in [9.17, 15) is 0 Å². The van der Waals surface area contributed by atoms with Crippen molar-refractivity contribution in [3.63, 3.8) is 0 Å². The lowest BCUT2D eigenvalue weighted by atomic mass is 10.2. The minimum Gasteiger partial charge on any atom is -0.379 e. The Hall–Kier alpha value is -0.120. The van der Waals surface area contributed by atoms with Gasteiger partial charge in [-0.3, -0.25) is 0 Å². The summed E-state index contributed by atoms with van der Waals surface area (Å²) >= 11 is 0. The minimum atomic E-state index is 0.377. The van der Waals surface area contributed by atoms with E-state index in [4.69, 9.17) is 9.47 Å². The van der Waals surface area contributed by atoms with Gasteiger partial charge in [-0.25, -0.2) is 0 Å². The van der Waals surface area contributed by atoms with E-state index in [1.165, 1.54) is 25.7 Å². The molecule has 0 aromatic heterocycles. The SMILES string of the molecule is CC(C)NCCCCCCOC1CCOC1. The monoisotopic (exact) mass is 229 g/mol. The van der Waals surface area contributed by atoms with E-state index in [0.717, 1.165) is 32.8 Å². The van der Waals surface area contributed by atoms with Crippen LogP contribution in [0.4, 0.5) is 0 Å². The fraction of sp³-hybridized carbons (Fsp3) is 1.00. The van der Waals surface area contributed by atoms with Crippen LogP contribution in [-0.2, 0) is 9.47 Å². The molecule has 0 radical (unpaired) electrons. The van der Waals surface area contributed by atoms with Gasteiger partial charge in [-0.2, -0.15) is 0 Å². The van der Waals surface area contributed by atoms with Crippen molar-refractivity contribution in [1.29, 1.82) is 0 Å². The van der Waals surface area contributed by atoms with Crippen LogP contribution < -0.4 is 5.32 Å². The average Bonchev–Trinajstić information content (AvgIpc) is 2.74. The van der Waals surface area contributed by atoms with E-state index in [1.807, 2.05) is 0 Å². The summed E-state index contributed by atoms with van der Waals surface area (Å²) in [4.78, 5) is 0. The molecule has 1 saturated heterocycles. The zero-order valence-electron chi connectivity index (χ0n) is 10.8. The lowest BCUT2D eigenvalue weighted by molar-refractivity contribution is 0.0406. The van der Waals surface area contributed by atoms with Crippen molar-refractivity contribution in [2.24, 2.45) is 0 Å². The van der Waals surface area contributed by atoms with Gasteiger partial charge in [-0.15, -0.1) is 0 Å². The fourth-order valence-electron chi connectivity index (χ4n) is 1.87. The van der Waals surface area contributed by atoms with Crippen LogP contribution in [0.15, 0.2) is 0 Å². The molecule has 1 heterocycles. The lowest BCUT2D eigenvalue weighted by Gasteiger charge is -2.10. The molecule has 1 N–H and O–H groups in total. The number of hydrogen-bond acceptors (Lipinski definition) is 3. The van der Waals surface area contributed by atoms with Crippen molar-refractivity contribution in [1.82, 2.24) is 5.32 Å². The molecule has 0 spiro atoms. The largest absolute Gasteiger partial charge is 0.379 e. The maximum atomic E-state index is 5.71. The van der Waals surface area contributed by atoms with Gasteiger partial charge < -0.3 is 14.8 Å². The van der Waals surface area contributed by atoms with Crippen LogP contribution >= 0.6 is 0 Å². The Balaban J connectivity index is 1.74. The van der Waals surface area contributed by atoms with E-state index >= 15 is 0 Å². The summed E-state index contributed by atoms with van der Waals surface area (Å²) in [7, 11) is 0. The molecule has 1 aliphatic rings. The third-order valence-electron chi connectivity index (χ3n) is 2.87. The van der Waals surface area contributed by atoms with Crippen LogP contribution in [0.25, 0.3) is 0 Å². The Bertz CT molecular complexity index is 156. The maximum absolute atomic E-state index is 5.71. The fourth-order valence-corrected chi connectivity index (χ4v) is 1.87. The van der Waals surface area contributed by atoms with Gasteiger partial charge in [0.25, 0.3) is 0 Å². The summed E-state index contributed by atoms with van der Waals surface area (Å²) in [6.45, 7) is 8.12. The second kappa shape index (κ2) is 8.97. The first-order chi connectivity index (χ1) is 7.79. The average molecular weight is 229 g/mol. The summed E-state index contributed by atoms with van der Waals surface area (Å²) in [6.07, 6.45) is 6.53. The molecule has 1 fully saturated rings. The van der Waals surface area contributed by atoms with Crippen molar-refractivity contribution in [3.05, 3.63) is 0 Å². The Morgan fingerprint density at radius 2 is 2.06 bits per heavy atom. The predicted octanol–water partition coefficient (Wildman–Crippen LogP) is 2.35. The Kier molecular flexibility index (Phi) is 7.81. The van der Waals surface area contributed by atoms with E-state index in [0.29, 0.717) is 12.1 Å².